The van der Waals surface area contributed by atoms with E-state index in [0.29, 0.717) is 18.1 Å². The fourth-order valence-corrected chi connectivity index (χ4v) is 5.54. The first-order chi connectivity index (χ1) is 11.1. The number of esters is 1. The van der Waals surface area contributed by atoms with E-state index in [2.05, 4.69) is 6.58 Å². The summed E-state index contributed by atoms with van der Waals surface area (Å²) in [7, 11) is 0. The molecule has 1 heterocycles. The van der Waals surface area contributed by atoms with Crippen molar-refractivity contribution >= 4 is 5.97 Å². The van der Waals surface area contributed by atoms with Gasteiger partial charge >= 0.3 is 5.97 Å². The molecule has 0 aromatic rings. The van der Waals surface area contributed by atoms with E-state index >= 15 is 0 Å². The van der Waals surface area contributed by atoms with Crippen molar-refractivity contribution in [1.82, 2.24) is 0 Å². The number of carbonyl (C=O) groups excluding carboxylic acids is 1. The Morgan fingerprint density at radius 1 is 1.25 bits per heavy atom. The Balaban J connectivity index is 1.52. The molecule has 0 radical (unpaired) electrons. The highest BCUT2D eigenvalue weighted by Crippen LogP contribution is 2.63. The van der Waals surface area contributed by atoms with Gasteiger partial charge in [-0.15, -0.1) is 0 Å². The largest absolute Gasteiger partial charge is 0.453 e. The van der Waals surface area contributed by atoms with Gasteiger partial charge in [0.25, 0.3) is 0 Å². The topological polar surface area (TPSA) is 65.0 Å². The monoisotopic (exact) mass is 336 g/mol. The second-order valence-electron chi connectivity index (χ2n) is 8.98. The predicted octanol–water partition coefficient (Wildman–Crippen LogP) is 2.57. The van der Waals surface area contributed by atoms with Crippen molar-refractivity contribution in [3.8, 4) is 0 Å². The fraction of sp³-hybridized carbons (Fsp3) is 0.842. The molecule has 5 rings (SSSR count). The van der Waals surface area contributed by atoms with Crippen molar-refractivity contribution in [3.05, 3.63) is 12.2 Å². The van der Waals surface area contributed by atoms with Gasteiger partial charge in [0.15, 0.2) is 5.79 Å². The van der Waals surface area contributed by atoms with Crippen molar-refractivity contribution in [3.63, 3.8) is 0 Å². The normalized spacial score (nSPS) is 46.5. The molecule has 4 bridgehead atoms. The van der Waals surface area contributed by atoms with Crippen molar-refractivity contribution < 1.29 is 24.1 Å². The summed E-state index contributed by atoms with van der Waals surface area (Å²) >= 11 is 0. The Bertz CT molecular complexity index is 564. The molecule has 5 aliphatic rings. The van der Waals surface area contributed by atoms with Gasteiger partial charge in [-0.25, -0.2) is 4.79 Å². The van der Waals surface area contributed by atoms with Crippen LogP contribution in [0.1, 0.15) is 52.9 Å². The Morgan fingerprint density at radius 2 is 1.88 bits per heavy atom. The summed E-state index contributed by atoms with van der Waals surface area (Å²) in [6.45, 7) is 9.44. The Hall–Kier alpha value is -0.910. The third-order valence-electron chi connectivity index (χ3n) is 6.56. The van der Waals surface area contributed by atoms with Gasteiger partial charge < -0.3 is 19.3 Å². The van der Waals surface area contributed by atoms with Crippen molar-refractivity contribution in [2.24, 2.45) is 17.8 Å². The van der Waals surface area contributed by atoms with Crippen LogP contribution in [0.25, 0.3) is 0 Å². The van der Waals surface area contributed by atoms with Crippen LogP contribution >= 0.6 is 0 Å². The number of rotatable bonds is 3. The zero-order valence-corrected chi connectivity index (χ0v) is 14.8. The number of aliphatic hydroxyl groups is 1. The average molecular weight is 336 g/mol. The second-order valence-corrected chi connectivity index (χ2v) is 8.98. The minimum atomic E-state index is -0.773. The third-order valence-corrected chi connectivity index (χ3v) is 6.56. The minimum Gasteiger partial charge on any atom is -0.453 e. The number of hydrogen-bond acceptors (Lipinski definition) is 5. The molecule has 24 heavy (non-hydrogen) atoms. The Kier molecular flexibility index (Phi) is 3.49. The standard InChI is InChI=1S/C19H28O5/c1-11(2)16(20)24-17(3,4)15-10-22-19(23-15)13-5-12-6-14(19)9-18(21,7-12)8-13/h12-15,21H,1,5-10H2,2-4H3. The fourth-order valence-electron chi connectivity index (χ4n) is 5.54. The molecular weight excluding hydrogens is 308 g/mol. The quantitative estimate of drug-likeness (QED) is 0.634. The van der Waals surface area contributed by atoms with Crippen LogP contribution in [0.15, 0.2) is 12.2 Å². The SMILES string of the molecule is C=C(C)C(=O)OC(C)(C)C1COC2(O1)C1CC3CC2CC(O)(C3)C1. The summed E-state index contributed by atoms with van der Waals surface area (Å²) in [6.07, 6.45) is 4.29. The zero-order valence-electron chi connectivity index (χ0n) is 14.8. The van der Waals surface area contributed by atoms with Gasteiger partial charge in [-0.1, -0.05) is 6.58 Å². The van der Waals surface area contributed by atoms with Crippen LogP contribution < -0.4 is 0 Å². The molecule has 0 aromatic heterocycles. The first-order valence-corrected chi connectivity index (χ1v) is 9.06. The average Bonchev–Trinajstić information content (AvgIpc) is 2.90. The van der Waals surface area contributed by atoms with Gasteiger partial charge in [0.2, 0.25) is 0 Å². The molecular formula is C19H28O5. The highest BCUT2D eigenvalue weighted by atomic mass is 16.8. The molecule has 1 spiro atoms. The molecule has 5 fully saturated rings. The van der Waals surface area contributed by atoms with Crippen LogP contribution in [-0.4, -0.2) is 40.8 Å². The lowest BCUT2D eigenvalue weighted by Gasteiger charge is -2.61. The van der Waals surface area contributed by atoms with E-state index in [1.807, 2.05) is 13.8 Å². The van der Waals surface area contributed by atoms with Crippen LogP contribution in [0.2, 0.25) is 0 Å². The lowest BCUT2D eigenvalue weighted by molar-refractivity contribution is -0.323. The van der Waals surface area contributed by atoms with E-state index in [9.17, 15) is 9.90 Å². The summed E-state index contributed by atoms with van der Waals surface area (Å²) in [4.78, 5) is 11.9. The molecule has 1 saturated heterocycles. The minimum absolute atomic E-state index is 0.242. The van der Waals surface area contributed by atoms with Crippen molar-refractivity contribution in [1.29, 1.82) is 0 Å². The van der Waals surface area contributed by atoms with Crippen molar-refractivity contribution in [2.75, 3.05) is 6.61 Å². The smallest absolute Gasteiger partial charge is 0.333 e. The highest BCUT2D eigenvalue weighted by molar-refractivity contribution is 5.87. The van der Waals surface area contributed by atoms with Gasteiger partial charge in [-0.05, 0) is 58.8 Å². The van der Waals surface area contributed by atoms with Gasteiger partial charge in [0.05, 0.1) is 12.2 Å². The third kappa shape index (κ3) is 2.36. The molecule has 1 N–H and O–H groups in total. The summed E-state index contributed by atoms with van der Waals surface area (Å²) < 4.78 is 18.3. The van der Waals surface area contributed by atoms with Crippen LogP contribution in [0.4, 0.5) is 0 Å². The maximum atomic E-state index is 11.9. The van der Waals surface area contributed by atoms with Crippen LogP contribution in [-0.2, 0) is 19.0 Å². The molecule has 1 aliphatic heterocycles. The van der Waals surface area contributed by atoms with E-state index in [4.69, 9.17) is 14.2 Å². The van der Waals surface area contributed by atoms with Gasteiger partial charge in [0.1, 0.15) is 11.7 Å². The van der Waals surface area contributed by atoms with E-state index < -0.39 is 23.0 Å². The first-order valence-electron chi connectivity index (χ1n) is 9.06. The predicted molar refractivity (Wildman–Crippen MR) is 87.0 cm³/mol. The summed E-state index contributed by atoms with van der Waals surface area (Å²) in [6, 6.07) is 0. The van der Waals surface area contributed by atoms with Crippen molar-refractivity contribution in [2.45, 2.75) is 76.0 Å². The van der Waals surface area contributed by atoms with E-state index in [0.717, 1.165) is 32.1 Å². The molecule has 4 aliphatic carbocycles. The number of hydrogen-bond donors (Lipinski definition) is 1. The first kappa shape index (κ1) is 16.6. The molecule has 5 heteroatoms. The maximum absolute atomic E-state index is 11.9. The van der Waals surface area contributed by atoms with Gasteiger partial charge in [0, 0.05) is 17.4 Å². The molecule has 3 unspecified atom stereocenters. The van der Waals surface area contributed by atoms with E-state index in [1.165, 1.54) is 0 Å². The maximum Gasteiger partial charge on any atom is 0.333 e. The number of ether oxygens (including phenoxy) is 3. The summed E-state index contributed by atoms with van der Waals surface area (Å²) in [5.74, 6) is 0.0844. The molecule has 0 aromatic carbocycles. The Morgan fingerprint density at radius 3 is 2.42 bits per heavy atom. The number of carbonyl (C=O) groups is 1. The lowest BCUT2D eigenvalue weighted by Crippen LogP contribution is -2.64. The summed E-state index contributed by atoms with van der Waals surface area (Å²) in [5.41, 5.74) is -0.909. The molecule has 3 atom stereocenters. The lowest BCUT2D eigenvalue weighted by atomic mass is 9.51. The van der Waals surface area contributed by atoms with Crippen LogP contribution in [0, 0.1) is 17.8 Å². The van der Waals surface area contributed by atoms with Gasteiger partial charge in [-0.2, -0.15) is 0 Å². The second kappa shape index (κ2) is 5.05. The van der Waals surface area contributed by atoms with Crippen LogP contribution in [0.5, 0.6) is 0 Å². The van der Waals surface area contributed by atoms with Crippen LogP contribution in [0.3, 0.4) is 0 Å². The summed E-state index contributed by atoms with van der Waals surface area (Å²) in [5, 5.41) is 10.8. The van der Waals surface area contributed by atoms with E-state index in [-0.39, 0.29) is 17.9 Å². The molecule has 5 nitrogen and oxygen atoms in total. The van der Waals surface area contributed by atoms with E-state index in [1.54, 1.807) is 6.92 Å². The molecule has 4 saturated carbocycles. The van der Waals surface area contributed by atoms with Gasteiger partial charge in [-0.3, -0.25) is 0 Å². The zero-order chi connectivity index (χ0) is 17.3. The highest BCUT2D eigenvalue weighted by Gasteiger charge is 2.67. The molecule has 0 amide bonds. The molecule has 134 valence electrons. The Labute approximate surface area is 143 Å².